The second-order valence-electron chi connectivity index (χ2n) is 7.71. The molecule has 2 saturated carbocycles. The van der Waals surface area contributed by atoms with Crippen molar-refractivity contribution in [2.75, 3.05) is 7.11 Å². The van der Waals surface area contributed by atoms with Crippen LogP contribution in [-0.4, -0.2) is 40.4 Å². The highest BCUT2D eigenvalue weighted by Crippen LogP contribution is 2.33. The zero-order valence-corrected chi connectivity index (χ0v) is 15.2. The normalized spacial score (nSPS) is 21.5. The molecule has 3 aliphatic rings. The molecular formula is C19H26N4O3. The number of amides is 2. The van der Waals surface area contributed by atoms with Gasteiger partial charge < -0.3 is 20.7 Å². The quantitative estimate of drug-likeness (QED) is 0.831. The number of hydrogen-bond acceptors (Lipinski definition) is 5. The van der Waals surface area contributed by atoms with Crippen LogP contribution in [0, 0.1) is 0 Å². The molecule has 1 aromatic heterocycles. The van der Waals surface area contributed by atoms with Crippen LogP contribution in [0.5, 0.6) is 5.88 Å². The molecule has 0 saturated heterocycles. The van der Waals surface area contributed by atoms with Gasteiger partial charge in [-0.25, -0.2) is 4.98 Å². The average Bonchev–Trinajstić information content (AvgIpc) is 3.25. The second kappa shape index (κ2) is 6.54. The van der Waals surface area contributed by atoms with Crippen LogP contribution in [-0.2, 0) is 17.9 Å². The van der Waals surface area contributed by atoms with E-state index in [2.05, 4.69) is 10.3 Å². The van der Waals surface area contributed by atoms with E-state index < -0.39 is 5.54 Å². The summed E-state index contributed by atoms with van der Waals surface area (Å²) in [6.07, 6.45) is 6.91. The number of nitrogens with one attached hydrogen (secondary N) is 1. The molecule has 26 heavy (non-hydrogen) atoms. The minimum Gasteiger partial charge on any atom is -0.481 e. The van der Waals surface area contributed by atoms with Gasteiger partial charge in [0.15, 0.2) is 0 Å². The van der Waals surface area contributed by atoms with Crippen LogP contribution in [0.25, 0.3) is 0 Å². The molecule has 1 aromatic rings. The SMILES string of the molecule is COc1nc2c(cc1CNC(=O)C1(N)CCC1)C(=O)N(C1CCCC1)C2. The number of hydrogen-bond donors (Lipinski definition) is 2. The van der Waals surface area contributed by atoms with Gasteiger partial charge in [-0.2, -0.15) is 0 Å². The minimum atomic E-state index is -0.744. The number of carbonyl (C=O) groups is 2. The Hall–Kier alpha value is -2.15. The monoisotopic (exact) mass is 358 g/mol. The Morgan fingerprint density at radius 1 is 1.38 bits per heavy atom. The van der Waals surface area contributed by atoms with Crippen LogP contribution in [0.4, 0.5) is 0 Å². The fourth-order valence-corrected chi connectivity index (χ4v) is 4.22. The van der Waals surface area contributed by atoms with Gasteiger partial charge in [-0.3, -0.25) is 9.59 Å². The number of methoxy groups -OCH3 is 1. The van der Waals surface area contributed by atoms with Crippen molar-refractivity contribution < 1.29 is 14.3 Å². The van der Waals surface area contributed by atoms with Crippen molar-refractivity contribution in [2.45, 2.75) is 69.6 Å². The number of fused-ring (bicyclic) bond motifs is 1. The summed E-state index contributed by atoms with van der Waals surface area (Å²) in [4.78, 5) is 31.6. The summed E-state index contributed by atoms with van der Waals surface area (Å²) in [7, 11) is 1.56. The highest BCUT2D eigenvalue weighted by molar-refractivity contribution is 5.98. The van der Waals surface area contributed by atoms with Crippen molar-refractivity contribution in [3.05, 3.63) is 22.9 Å². The molecule has 7 heteroatoms. The largest absolute Gasteiger partial charge is 0.481 e. The molecule has 1 aliphatic heterocycles. The van der Waals surface area contributed by atoms with E-state index in [0.29, 0.717) is 42.4 Å². The number of ether oxygens (including phenoxy) is 1. The molecular weight excluding hydrogens is 332 g/mol. The second-order valence-corrected chi connectivity index (χ2v) is 7.71. The Bertz CT molecular complexity index is 739. The maximum Gasteiger partial charge on any atom is 0.256 e. The average molecular weight is 358 g/mol. The van der Waals surface area contributed by atoms with E-state index in [0.717, 1.165) is 25.0 Å². The number of nitrogens with two attached hydrogens (primary N) is 1. The van der Waals surface area contributed by atoms with Crippen molar-refractivity contribution in [3.8, 4) is 5.88 Å². The molecule has 0 bridgehead atoms. The van der Waals surface area contributed by atoms with Gasteiger partial charge in [-0.1, -0.05) is 12.8 Å². The smallest absolute Gasteiger partial charge is 0.256 e. The highest BCUT2D eigenvalue weighted by Gasteiger charge is 2.40. The summed E-state index contributed by atoms with van der Waals surface area (Å²) in [6, 6.07) is 2.14. The first-order valence-electron chi connectivity index (χ1n) is 9.47. The van der Waals surface area contributed by atoms with E-state index >= 15 is 0 Å². The summed E-state index contributed by atoms with van der Waals surface area (Å²) < 4.78 is 5.40. The van der Waals surface area contributed by atoms with Crippen LogP contribution in [0.1, 0.15) is 66.6 Å². The lowest BCUT2D eigenvalue weighted by Crippen LogP contribution is -2.58. The van der Waals surface area contributed by atoms with Gasteiger partial charge in [0.2, 0.25) is 11.8 Å². The number of carbonyl (C=O) groups excluding carboxylic acids is 2. The first-order valence-corrected chi connectivity index (χ1v) is 9.47. The fraction of sp³-hybridized carbons (Fsp3) is 0.632. The Labute approximate surface area is 153 Å². The molecule has 0 unspecified atom stereocenters. The molecule has 0 spiro atoms. The third-order valence-corrected chi connectivity index (χ3v) is 6.05. The Morgan fingerprint density at radius 3 is 2.73 bits per heavy atom. The molecule has 7 nitrogen and oxygen atoms in total. The lowest BCUT2D eigenvalue weighted by atomic mass is 9.77. The van der Waals surface area contributed by atoms with Gasteiger partial charge in [0, 0.05) is 18.2 Å². The van der Waals surface area contributed by atoms with Gasteiger partial charge in [0.25, 0.3) is 5.91 Å². The van der Waals surface area contributed by atoms with Crippen LogP contribution in [0.3, 0.4) is 0 Å². The molecule has 2 aliphatic carbocycles. The van der Waals surface area contributed by atoms with Crippen molar-refractivity contribution in [3.63, 3.8) is 0 Å². The predicted molar refractivity (Wildman–Crippen MR) is 95.5 cm³/mol. The summed E-state index contributed by atoms with van der Waals surface area (Å²) in [5, 5.41) is 2.88. The first-order chi connectivity index (χ1) is 12.5. The molecule has 140 valence electrons. The number of pyridine rings is 1. The van der Waals surface area contributed by atoms with Crippen molar-refractivity contribution in [1.82, 2.24) is 15.2 Å². The molecule has 0 atom stereocenters. The number of rotatable bonds is 5. The van der Waals surface area contributed by atoms with Gasteiger partial charge >= 0.3 is 0 Å². The number of nitrogens with zero attached hydrogens (tertiary/aromatic N) is 2. The summed E-state index contributed by atoms with van der Waals surface area (Å²) in [5.41, 5.74) is 7.43. The summed E-state index contributed by atoms with van der Waals surface area (Å²) in [5.74, 6) is 0.360. The highest BCUT2D eigenvalue weighted by atomic mass is 16.5. The van der Waals surface area contributed by atoms with E-state index in [1.54, 1.807) is 7.11 Å². The van der Waals surface area contributed by atoms with E-state index in [-0.39, 0.29) is 18.4 Å². The Kier molecular flexibility index (Phi) is 4.34. The molecule has 2 heterocycles. The van der Waals surface area contributed by atoms with Crippen LogP contribution >= 0.6 is 0 Å². The maximum atomic E-state index is 12.8. The van der Waals surface area contributed by atoms with Gasteiger partial charge in [-0.15, -0.1) is 0 Å². The van der Waals surface area contributed by atoms with Gasteiger partial charge in [0.1, 0.15) is 0 Å². The van der Waals surface area contributed by atoms with E-state index in [1.165, 1.54) is 12.8 Å². The fourth-order valence-electron chi connectivity index (χ4n) is 4.22. The van der Waals surface area contributed by atoms with Crippen molar-refractivity contribution >= 4 is 11.8 Å². The van der Waals surface area contributed by atoms with Crippen molar-refractivity contribution in [2.24, 2.45) is 5.73 Å². The minimum absolute atomic E-state index is 0.0453. The Morgan fingerprint density at radius 2 is 2.12 bits per heavy atom. The van der Waals surface area contributed by atoms with Crippen molar-refractivity contribution in [1.29, 1.82) is 0 Å². The first kappa shape index (κ1) is 17.3. The summed E-state index contributed by atoms with van der Waals surface area (Å²) >= 11 is 0. The zero-order chi connectivity index (χ0) is 18.3. The van der Waals surface area contributed by atoms with E-state index in [9.17, 15) is 9.59 Å². The third-order valence-electron chi connectivity index (χ3n) is 6.05. The molecule has 3 N–H and O–H groups in total. The zero-order valence-electron chi connectivity index (χ0n) is 15.2. The van der Waals surface area contributed by atoms with Crippen LogP contribution in [0.15, 0.2) is 6.07 Å². The van der Waals surface area contributed by atoms with Gasteiger partial charge in [-0.05, 0) is 38.2 Å². The maximum absolute atomic E-state index is 12.8. The topological polar surface area (TPSA) is 97.5 Å². The third kappa shape index (κ3) is 2.84. The molecule has 4 rings (SSSR count). The van der Waals surface area contributed by atoms with Crippen LogP contribution < -0.4 is 15.8 Å². The molecule has 0 radical (unpaired) electrons. The van der Waals surface area contributed by atoms with E-state index in [1.807, 2.05) is 11.0 Å². The predicted octanol–water partition coefficient (Wildman–Crippen LogP) is 1.49. The van der Waals surface area contributed by atoms with Gasteiger partial charge in [0.05, 0.1) is 30.5 Å². The molecule has 2 amide bonds. The lowest BCUT2D eigenvalue weighted by Gasteiger charge is -2.36. The Balaban J connectivity index is 1.52. The lowest BCUT2D eigenvalue weighted by molar-refractivity contribution is -0.129. The number of aromatic nitrogens is 1. The van der Waals surface area contributed by atoms with Crippen LogP contribution in [0.2, 0.25) is 0 Å². The van der Waals surface area contributed by atoms with E-state index in [4.69, 9.17) is 10.5 Å². The molecule has 0 aromatic carbocycles. The summed E-state index contributed by atoms with van der Waals surface area (Å²) in [6.45, 7) is 0.811. The standard InChI is InChI=1S/C19H26N4O3/c1-26-16-12(10-21-18(25)19(20)7-4-8-19)9-14-15(22-16)11-23(17(14)24)13-5-2-3-6-13/h9,13H,2-8,10-11,20H2,1H3,(H,21,25). The molecule has 2 fully saturated rings.